The summed E-state index contributed by atoms with van der Waals surface area (Å²) in [6.45, 7) is 0.656. The number of carbonyl (C=O) groups is 2. The Bertz CT molecular complexity index is 1030. The number of rotatable bonds is 3. The van der Waals surface area contributed by atoms with E-state index in [-0.39, 0.29) is 31.0 Å². The third-order valence-corrected chi connectivity index (χ3v) is 7.12. The van der Waals surface area contributed by atoms with Crippen molar-refractivity contribution in [3.8, 4) is 5.75 Å². The first-order chi connectivity index (χ1) is 13.7. The van der Waals surface area contributed by atoms with Crippen LogP contribution >= 0.6 is 22.7 Å². The molecule has 0 N–H and O–H groups in total. The van der Waals surface area contributed by atoms with Gasteiger partial charge in [-0.2, -0.15) is 0 Å². The van der Waals surface area contributed by atoms with Gasteiger partial charge < -0.3 is 9.64 Å². The van der Waals surface area contributed by atoms with Crippen LogP contribution in [0.1, 0.15) is 21.4 Å². The summed E-state index contributed by atoms with van der Waals surface area (Å²) in [7, 11) is 0. The molecule has 0 fully saturated rings. The van der Waals surface area contributed by atoms with Crippen LogP contribution in [-0.2, 0) is 16.0 Å². The minimum absolute atomic E-state index is 0.0283. The second kappa shape index (κ2) is 7.07. The van der Waals surface area contributed by atoms with Crippen molar-refractivity contribution in [3.05, 3.63) is 68.5 Å². The molecule has 0 spiro atoms. The molecular weight excluding hydrogens is 392 g/mol. The van der Waals surface area contributed by atoms with E-state index >= 15 is 0 Å². The van der Waals surface area contributed by atoms with Gasteiger partial charge in [0.05, 0.1) is 11.7 Å². The standard InChI is InChI=1S/C21H18N2O3S2/c24-19(12-23-15-4-1-2-5-16(15)26-13-20(23)25)22-9-7-17-14(8-11-28-17)21(22)18-6-3-10-27-18/h1-6,8,10-11,21H,7,9,12-13H2. The molecule has 142 valence electrons. The zero-order chi connectivity index (χ0) is 19.1. The van der Waals surface area contributed by atoms with Crippen LogP contribution in [0.2, 0.25) is 0 Å². The summed E-state index contributed by atoms with van der Waals surface area (Å²) >= 11 is 3.42. The van der Waals surface area contributed by atoms with Crippen LogP contribution in [-0.4, -0.2) is 36.4 Å². The third-order valence-electron chi connectivity index (χ3n) is 5.20. The molecule has 0 saturated carbocycles. The van der Waals surface area contributed by atoms with Gasteiger partial charge in [-0.15, -0.1) is 22.7 Å². The topological polar surface area (TPSA) is 49.9 Å². The number of nitrogens with zero attached hydrogens (tertiary/aromatic N) is 2. The molecule has 5 rings (SSSR count). The van der Waals surface area contributed by atoms with E-state index in [1.807, 2.05) is 40.6 Å². The predicted octanol–water partition coefficient (Wildman–Crippen LogP) is 3.71. The molecule has 2 amide bonds. The molecule has 0 radical (unpaired) electrons. The van der Waals surface area contributed by atoms with Gasteiger partial charge in [0.15, 0.2) is 6.61 Å². The number of hydrogen-bond acceptors (Lipinski definition) is 5. The first-order valence-electron chi connectivity index (χ1n) is 9.13. The highest BCUT2D eigenvalue weighted by Crippen LogP contribution is 2.40. The summed E-state index contributed by atoms with van der Waals surface area (Å²) in [5.74, 6) is 0.414. The van der Waals surface area contributed by atoms with Crippen LogP contribution in [0.3, 0.4) is 0 Å². The van der Waals surface area contributed by atoms with Crippen molar-refractivity contribution >= 4 is 40.2 Å². The number of anilines is 1. The highest BCUT2D eigenvalue weighted by Gasteiger charge is 2.36. The van der Waals surface area contributed by atoms with Crippen LogP contribution in [0.4, 0.5) is 5.69 Å². The summed E-state index contributed by atoms with van der Waals surface area (Å²) in [6, 6.07) is 13.5. The van der Waals surface area contributed by atoms with Crippen molar-refractivity contribution in [1.29, 1.82) is 0 Å². The van der Waals surface area contributed by atoms with E-state index in [2.05, 4.69) is 17.5 Å². The van der Waals surface area contributed by atoms with Crippen molar-refractivity contribution < 1.29 is 14.3 Å². The molecule has 7 heteroatoms. The Labute approximate surface area is 170 Å². The van der Waals surface area contributed by atoms with E-state index in [1.54, 1.807) is 27.6 Å². The van der Waals surface area contributed by atoms with Crippen molar-refractivity contribution in [2.24, 2.45) is 0 Å². The maximum Gasteiger partial charge on any atom is 0.265 e. The molecule has 2 aromatic heterocycles. The second-order valence-electron chi connectivity index (χ2n) is 6.79. The summed E-state index contributed by atoms with van der Waals surface area (Å²) in [6.07, 6.45) is 0.855. The monoisotopic (exact) mass is 410 g/mol. The van der Waals surface area contributed by atoms with E-state index < -0.39 is 0 Å². The zero-order valence-corrected chi connectivity index (χ0v) is 16.7. The fraction of sp³-hybridized carbons (Fsp3) is 0.238. The van der Waals surface area contributed by atoms with Gasteiger partial charge in [-0.1, -0.05) is 18.2 Å². The Morgan fingerprint density at radius 3 is 2.86 bits per heavy atom. The summed E-state index contributed by atoms with van der Waals surface area (Å²) in [5.41, 5.74) is 1.87. The number of benzene rings is 1. The molecule has 2 aliphatic heterocycles. The SMILES string of the molecule is O=C1COc2ccccc2N1CC(=O)N1CCc2sccc2C1c1cccs1. The first-order valence-corrected chi connectivity index (χ1v) is 10.9. The Morgan fingerprint density at radius 1 is 1.11 bits per heavy atom. The van der Waals surface area contributed by atoms with Gasteiger partial charge in [0.25, 0.3) is 5.91 Å². The normalized spacial score (nSPS) is 18.4. The molecule has 0 bridgehead atoms. The lowest BCUT2D eigenvalue weighted by Gasteiger charge is -2.37. The molecule has 28 heavy (non-hydrogen) atoms. The average Bonchev–Trinajstić information content (AvgIpc) is 3.41. The van der Waals surface area contributed by atoms with Crippen LogP contribution in [0, 0.1) is 0 Å². The predicted molar refractivity (Wildman–Crippen MR) is 110 cm³/mol. The third kappa shape index (κ3) is 2.91. The Balaban J connectivity index is 1.46. The van der Waals surface area contributed by atoms with E-state index in [1.165, 1.54) is 10.4 Å². The van der Waals surface area contributed by atoms with Gasteiger partial charge in [-0.25, -0.2) is 0 Å². The lowest BCUT2D eigenvalue weighted by Crippen LogP contribution is -2.48. The highest BCUT2D eigenvalue weighted by molar-refractivity contribution is 7.10. The molecule has 4 heterocycles. The number of hydrogen-bond donors (Lipinski definition) is 0. The minimum Gasteiger partial charge on any atom is -0.482 e. The lowest BCUT2D eigenvalue weighted by atomic mass is 9.98. The molecule has 1 aromatic carbocycles. The Morgan fingerprint density at radius 2 is 2.00 bits per heavy atom. The van der Waals surface area contributed by atoms with E-state index in [0.29, 0.717) is 18.0 Å². The second-order valence-corrected chi connectivity index (χ2v) is 8.77. The van der Waals surface area contributed by atoms with E-state index in [0.717, 1.165) is 11.3 Å². The van der Waals surface area contributed by atoms with Crippen LogP contribution in [0.25, 0.3) is 0 Å². The van der Waals surface area contributed by atoms with Gasteiger partial charge in [0.2, 0.25) is 5.91 Å². The van der Waals surface area contributed by atoms with Crippen LogP contribution < -0.4 is 9.64 Å². The average molecular weight is 411 g/mol. The zero-order valence-electron chi connectivity index (χ0n) is 15.0. The number of amides is 2. The molecule has 2 aliphatic rings. The number of thiophene rings is 2. The first kappa shape index (κ1) is 17.5. The van der Waals surface area contributed by atoms with Crippen molar-refractivity contribution in [2.45, 2.75) is 12.5 Å². The van der Waals surface area contributed by atoms with Crippen molar-refractivity contribution in [2.75, 3.05) is 24.6 Å². The maximum absolute atomic E-state index is 13.4. The van der Waals surface area contributed by atoms with Gasteiger partial charge in [-0.05, 0) is 47.0 Å². The summed E-state index contributed by atoms with van der Waals surface area (Å²) in [5, 5.41) is 4.14. The molecule has 3 aromatic rings. The molecule has 1 atom stereocenters. The molecular formula is C21H18N2O3S2. The van der Waals surface area contributed by atoms with Crippen molar-refractivity contribution in [3.63, 3.8) is 0 Å². The van der Waals surface area contributed by atoms with Gasteiger partial charge in [0, 0.05) is 16.3 Å². The van der Waals surface area contributed by atoms with Gasteiger partial charge in [0.1, 0.15) is 12.3 Å². The molecule has 1 unspecified atom stereocenters. The molecule has 5 nitrogen and oxygen atoms in total. The maximum atomic E-state index is 13.4. The largest absolute Gasteiger partial charge is 0.482 e. The smallest absolute Gasteiger partial charge is 0.265 e. The van der Waals surface area contributed by atoms with Crippen LogP contribution in [0.5, 0.6) is 5.75 Å². The Hall–Kier alpha value is -2.64. The molecule has 0 aliphatic carbocycles. The highest BCUT2D eigenvalue weighted by atomic mass is 32.1. The number of ether oxygens (including phenoxy) is 1. The fourth-order valence-electron chi connectivity index (χ4n) is 3.89. The molecule has 0 saturated heterocycles. The number of carbonyl (C=O) groups excluding carboxylic acids is 2. The van der Waals surface area contributed by atoms with Gasteiger partial charge in [-0.3, -0.25) is 14.5 Å². The Kier molecular flexibility index (Phi) is 4.41. The quantitative estimate of drug-likeness (QED) is 0.661. The number of para-hydroxylation sites is 2. The minimum atomic E-state index is -0.187. The van der Waals surface area contributed by atoms with E-state index in [4.69, 9.17) is 4.74 Å². The fourth-order valence-corrected chi connectivity index (χ4v) is 5.65. The van der Waals surface area contributed by atoms with Gasteiger partial charge >= 0.3 is 0 Å². The summed E-state index contributed by atoms with van der Waals surface area (Å²) in [4.78, 5) is 31.8. The van der Waals surface area contributed by atoms with E-state index in [9.17, 15) is 9.59 Å². The lowest BCUT2D eigenvalue weighted by molar-refractivity contribution is -0.133. The van der Waals surface area contributed by atoms with Crippen molar-refractivity contribution in [1.82, 2.24) is 4.90 Å². The number of fused-ring (bicyclic) bond motifs is 2. The summed E-state index contributed by atoms with van der Waals surface area (Å²) < 4.78 is 5.50. The van der Waals surface area contributed by atoms with Crippen LogP contribution in [0.15, 0.2) is 53.2 Å².